The number of anilines is 3. The molecule has 188 valence electrons. The Morgan fingerprint density at radius 2 is 1.56 bits per heavy atom. The molecule has 1 saturated heterocycles. The predicted molar refractivity (Wildman–Crippen MR) is 125 cm³/mol. The zero-order valence-electron chi connectivity index (χ0n) is 18.7. The van der Waals surface area contributed by atoms with E-state index in [-0.39, 0.29) is 24.4 Å². The van der Waals surface area contributed by atoms with Crippen LogP contribution in [-0.2, 0) is 12.4 Å². The molecule has 0 bridgehead atoms. The van der Waals surface area contributed by atoms with E-state index < -0.39 is 23.5 Å². The van der Waals surface area contributed by atoms with Crippen molar-refractivity contribution in [3.8, 4) is 11.1 Å². The fourth-order valence-corrected chi connectivity index (χ4v) is 4.35. The van der Waals surface area contributed by atoms with Crippen molar-refractivity contribution in [2.75, 3.05) is 41.7 Å². The Labute approximate surface area is 201 Å². The number of imidazole rings is 1. The molecule has 0 aliphatic carbocycles. The smallest absolute Gasteiger partial charge is 0.399 e. The van der Waals surface area contributed by atoms with E-state index in [2.05, 4.69) is 15.0 Å². The number of H-pyrrole nitrogens is 1. The minimum absolute atomic E-state index is 0.128. The molecule has 2 aromatic carbocycles. The van der Waals surface area contributed by atoms with Crippen molar-refractivity contribution in [2.45, 2.75) is 12.4 Å². The number of halogens is 6. The van der Waals surface area contributed by atoms with Crippen LogP contribution in [0, 0.1) is 0 Å². The largest absolute Gasteiger partial charge is 0.419 e. The second kappa shape index (κ2) is 8.61. The number of nitrogens with one attached hydrogen (secondary N) is 1. The van der Waals surface area contributed by atoms with Crippen LogP contribution in [-0.4, -0.2) is 41.1 Å². The van der Waals surface area contributed by atoms with Gasteiger partial charge in [0.25, 0.3) is 0 Å². The van der Waals surface area contributed by atoms with E-state index in [1.54, 1.807) is 34.1 Å². The number of piperazine rings is 1. The average Bonchev–Trinajstić information content (AvgIpc) is 3.27. The summed E-state index contributed by atoms with van der Waals surface area (Å²) in [6, 6.07) is 10.8. The lowest BCUT2D eigenvalue weighted by Gasteiger charge is -2.36. The monoisotopic (exact) mass is 506 g/mol. The van der Waals surface area contributed by atoms with Gasteiger partial charge in [0.05, 0.1) is 22.2 Å². The molecule has 36 heavy (non-hydrogen) atoms. The van der Waals surface area contributed by atoms with Crippen molar-refractivity contribution in [1.82, 2.24) is 15.0 Å². The Kier molecular flexibility index (Phi) is 5.68. The fraction of sp³-hybridized carbons (Fsp3) is 0.250. The number of nitrogens with zero attached hydrogens (tertiary/aromatic N) is 4. The molecule has 0 radical (unpaired) electrons. The van der Waals surface area contributed by atoms with E-state index in [1.807, 2.05) is 0 Å². The summed E-state index contributed by atoms with van der Waals surface area (Å²) in [5, 5.41) is 0. The first-order chi connectivity index (χ1) is 17.0. The van der Waals surface area contributed by atoms with Crippen molar-refractivity contribution in [2.24, 2.45) is 0 Å². The first-order valence-electron chi connectivity index (χ1n) is 11.0. The first-order valence-corrected chi connectivity index (χ1v) is 11.0. The van der Waals surface area contributed by atoms with Crippen molar-refractivity contribution < 1.29 is 26.3 Å². The van der Waals surface area contributed by atoms with E-state index in [1.165, 1.54) is 12.3 Å². The molecule has 12 heteroatoms. The molecule has 1 aliphatic heterocycles. The van der Waals surface area contributed by atoms with Gasteiger partial charge in [-0.15, -0.1) is 0 Å². The third kappa shape index (κ3) is 4.50. The van der Waals surface area contributed by atoms with Gasteiger partial charge in [0, 0.05) is 43.6 Å². The number of alkyl halides is 6. The summed E-state index contributed by atoms with van der Waals surface area (Å²) in [4.78, 5) is 14.8. The molecule has 1 fully saturated rings. The topological polar surface area (TPSA) is 74.1 Å². The summed E-state index contributed by atoms with van der Waals surface area (Å²) in [5.41, 5.74) is 5.94. The number of hydrogen-bond donors (Lipinski definition) is 2. The van der Waals surface area contributed by atoms with Gasteiger partial charge in [0.15, 0.2) is 0 Å². The van der Waals surface area contributed by atoms with Gasteiger partial charge >= 0.3 is 12.4 Å². The van der Waals surface area contributed by atoms with Gasteiger partial charge in [-0.05, 0) is 42.0 Å². The van der Waals surface area contributed by atoms with Crippen LogP contribution >= 0.6 is 0 Å². The number of aromatic amines is 1. The minimum atomic E-state index is -4.58. The van der Waals surface area contributed by atoms with Crippen LogP contribution in [0.25, 0.3) is 22.2 Å². The molecule has 0 unspecified atom stereocenters. The summed E-state index contributed by atoms with van der Waals surface area (Å²) in [5.74, 6) is 0.194. The number of hydrogen-bond acceptors (Lipinski definition) is 5. The highest BCUT2D eigenvalue weighted by molar-refractivity contribution is 5.94. The van der Waals surface area contributed by atoms with Crippen LogP contribution < -0.4 is 15.5 Å². The van der Waals surface area contributed by atoms with Crippen molar-refractivity contribution in [3.05, 3.63) is 65.9 Å². The summed E-state index contributed by atoms with van der Waals surface area (Å²) in [6.45, 7) is 1.06. The summed E-state index contributed by atoms with van der Waals surface area (Å²) in [7, 11) is 0. The lowest BCUT2D eigenvalue weighted by atomic mass is 10.0. The second-order valence-electron chi connectivity index (χ2n) is 8.45. The molecule has 3 heterocycles. The Hall–Kier alpha value is -3.96. The minimum Gasteiger partial charge on any atom is -0.399 e. The SMILES string of the molecule is Nc1cccc(-c2cc(C(F)(F)F)cc3nc(N4CCN(c5ncccc5C(F)(F)F)CC4)[nH]c23)c1. The average molecular weight is 506 g/mol. The van der Waals surface area contributed by atoms with E-state index in [9.17, 15) is 26.3 Å². The van der Waals surface area contributed by atoms with Gasteiger partial charge in [-0.2, -0.15) is 26.3 Å². The van der Waals surface area contributed by atoms with Crippen LogP contribution in [0.5, 0.6) is 0 Å². The molecule has 3 N–H and O–H groups in total. The van der Waals surface area contributed by atoms with Gasteiger partial charge in [-0.3, -0.25) is 0 Å². The van der Waals surface area contributed by atoms with Gasteiger partial charge in [-0.1, -0.05) is 12.1 Å². The van der Waals surface area contributed by atoms with E-state index in [0.29, 0.717) is 41.4 Å². The molecule has 0 spiro atoms. The Bertz CT molecular complexity index is 1400. The van der Waals surface area contributed by atoms with Crippen molar-refractivity contribution in [3.63, 3.8) is 0 Å². The van der Waals surface area contributed by atoms with E-state index >= 15 is 0 Å². The third-order valence-corrected chi connectivity index (χ3v) is 6.08. The lowest BCUT2D eigenvalue weighted by molar-refractivity contribution is -0.138. The summed E-state index contributed by atoms with van der Waals surface area (Å²) in [6.07, 6.45) is -7.80. The van der Waals surface area contributed by atoms with Crippen LogP contribution in [0.1, 0.15) is 11.1 Å². The van der Waals surface area contributed by atoms with Gasteiger partial charge in [-0.25, -0.2) is 9.97 Å². The van der Waals surface area contributed by atoms with Crippen molar-refractivity contribution >= 4 is 28.5 Å². The maximum atomic E-state index is 13.6. The van der Waals surface area contributed by atoms with E-state index in [0.717, 1.165) is 18.2 Å². The molecule has 6 nitrogen and oxygen atoms in total. The van der Waals surface area contributed by atoms with Crippen LogP contribution in [0.15, 0.2) is 54.7 Å². The maximum absolute atomic E-state index is 13.6. The number of nitrogen functional groups attached to an aromatic ring is 1. The summed E-state index contributed by atoms with van der Waals surface area (Å²) >= 11 is 0. The zero-order valence-corrected chi connectivity index (χ0v) is 18.7. The zero-order chi connectivity index (χ0) is 25.7. The molecule has 2 aromatic heterocycles. The van der Waals surface area contributed by atoms with Gasteiger partial charge in [0.2, 0.25) is 5.95 Å². The Morgan fingerprint density at radius 1 is 0.833 bits per heavy atom. The fourth-order valence-electron chi connectivity index (χ4n) is 4.35. The molecule has 0 amide bonds. The van der Waals surface area contributed by atoms with Gasteiger partial charge < -0.3 is 20.5 Å². The number of rotatable bonds is 3. The number of nitrogens with two attached hydrogens (primary N) is 1. The van der Waals surface area contributed by atoms with Crippen LogP contribution in [0.2, 0.25) is 0 Å². The molecule has 1 aliphatic rings. The number of pyridine rings is 1. The first kappa shape index (κ1) is 23.8. The standard InChI is InChI=1S/C24H20F6N6/c25-23(26,27)15-12-17(14-3-1-4-16(31)11-14)20-19(13-15)33-22(34-20)36-9-7-35(8-10-36)21-18(24(28,29)30)5-2-6-32-21/h1-6,11-13H,7-10,31H2,(H,33,34). The maximum Gasteiger partial charge on any atom is 0.419 e. The highest BCUT2D eigenvalue weighted by Crippen LogP contribution is 2.38. The molecular weight excluding hydrogens is 486 g/mol. The van der Waals surface area contributed by atoms with Gasteiger partial charge in [0.1, 0.15) is 5.82 Å². The van der Waals surface area contributed by atoms with Crippen LogP contribution in [0.4, 0.5) is 43.8 Å². The highest BCUT2D eigenvalue weighted by atomic mass is 19.4. The molecule has 4 aromatic rings. The highest BCUT2D eigenvalue weighted by Gasteiger charge is 2.36. The number of fused-ring (bicyclic) bond motifs is 1. The summed E-state index contributed by atoms with van der Waals surface area (Å²) < 4.78 is 81.0. The lowest BCUT2D eigenvalue weighted by Crippen LogP contribution is -2.47. The predicted octanol–water partition coefficient (Wildman–Crippen LogP) is 5.57. The number of aromatic nitrogens is 3. The third-order valence-electron chi connectivity index (χ3n) is 6.08. The second-order valence-corrected chi connectivity index (χ2v) is 8.45. The molecule has 0 saturated carbocycles. The normalized spacial score (nSPS) is 15.1. The van der Waals surface area contributed by atoms with Crippen molar-refractivity contribution in [1.29, 1.82) is 0 Å². The van der Waals surface area contributed by atoms with Crippen LogP contribution in [0.3, 0.4) is 0 Å². The Balaban J connectivity index is 1.47. The molecule has 0 atom stereocenters. The number of benzene rings is 2. The molecule has 5 rings (SSSR count). The van der Waals surface area contributed by atoms with E-state index in [4.69, 9.17) is 5.73 Å². The Morgan fingerprint density at radius 3 is 2.22 bits per heavy atom. The quantitative estimate of drug-likeness (QED) is 0.281. The molecular formula is C24H20F6N6.